The van der Waals surface area contributed by atoms with E-state index >= 15 is 0 Å². The van der Waals surface area contributed by atoms with E-state index in [0.29, 0.717) is 26.1 Å². The van der Waals surface area contributed by atoms with Crippen LogP contribution in [0.15, 0.2) is 23.1 Å². The second kappa shape index (κ2) is 7.37. The Bertz CT molecular complexity index is 670. The highest BCUT2D eigenvalue weighted by molar-refractivity contribution is 7.89. The van der Waals surface area contributed by atoms with Crippen LogP contribution < -0.4 is 4.72 Å². The molecule has 8 heteroatoms. The number of aryl methyl sites for hydroxylation is 1. The summed E-state index contributed by atoms with van der Waals surface area (Å²) >= 11 is 0. The third-order valence-electron chi connectivity index (χ3n) is 3.93. The molecule has 1 unspecified atom stereocenters. The van der Waals surface area contributed by atoms with Crippen LogP contribution in [0, 0.1) is 18.7 Å². The minimum atomic E-state index is -4.03. The predicted molar refractivity (Wildman–Crippen MR) is 81.0 cm³/mol. The van der Waals surface area contributed by atoms with E-state index in [-0.39, 0.29) is 22.8 Å². The minimum absolute atomic E-state index is 0.0989. The summed E-state index contributed by atoms with van der Waals surface area (Å²) in [5, 5.41) is 9.31. The third-order valence-corrected chi connectivity index (χ3v) is 5.56. The molecule has 2 N–H and O–H groups in total. The van der Waals surface area contributed by atoms with E-state index in [1.54, 1.807) is 0 Å². The summed E-state index contributed by atoms with van der Waals surface area (Å²) in [7, 11) is -4.03. The van der Waals surface area contributed by atoms with Crippen molar-refractivity contribution in [1.29, 1.82) is 0 Å². The van der Waals surface area contributed by atoms with Gasteiger partial charge in [0.1, 0.15) is 11.9 Å². The lowest BCUT2D eigenvalue weighted by molar-refractivity contribution is -0.139. The fourth-order valence-corrected chi connectivity index (χ4v) is 4.11. The number of halogens is 1. The number of carboxylic acid groups (broad SMARTS) is 1. The summed E-state index contributed by atoms with van der Waals surface area (Å²) < 4.78 is 45.4. The van der Waals surface area contributed by atoms with Gasteiger partial charge in [-0.1, -0.05) is 0 Å². The van der Waals surface area contributed by atoms with Gasteiger partial charge in [-0.25, -0.2) is 12.8 Å². The molecule has 0 spiro atoms. The van der Waals surface area contributed by atoms with Gasteiger partial charge in [-0.15, -0.1) is 0 Å². The zero-order chi connectivity index (χ0) is 17.0. The molecule has 1 atom stereocenters. The van der Waals surface area contributed by atoms with E-state index in [1.165, 1.54) is 6.92 Å². The molecule has 1 aliphatic rings. The first-order valence-corrected chi connectivity index (χ1v) is 8.87. The Labute approximate surface area is 134 Å². The summed E-state index contributed by atoms with van der Waals surface area (Å²) in [5.41, 5.74) is 0.229. The van der Waals surface area contributed by atoms with E-state index in [0.717, 1.165) is 18.2 Å². The summed E-state index contributed by atoms with van der Waals surface area (Å²) in [6, 6.07) is 2.06. The first-order valence-electron chi connectivity index (χ1n) is 7.38. The highest BCUT2D eigenvalue weighted by Gasteiger charge is 2.29. The maximum absolute atomic E-state index is 13.1. The van der Waals surface area contributed by atoms with Crippen molar-refractivity contribution in [3.63, 3.8) is 0 Å². The molecule has 0 aromatic heterocycles. The summed E-state index contributed by atoms with van der Waals surface area (Å²) in [6.45, 7) is 2.58. The van der Waals surface area contributed by atoms with Crippen LogP contribution in [0.4, 0.5) is 4.39 Å². The van der Waals surface area contributed by atoms with Crippen LogP contribution in [0.2, 0.25) is 0 Å². The molecule has 23 heavy (non-hydrogen) atoms. The van der Waals surface area contributed by atoms with Crippen molar-refractivity contribution in [2.24, 2.45) is 5.92 Å². The number of carboxylic acids is 1. The largest absolute Gasteiger partial charge is 0.480 e. The lowest BCUT2D eigenvalue weighted by Gasteiger charge is -2.25. The van der Waals surface area contributed by atoms with Gasteiger partial charge in [-0.3, -0.25) is 4.79 Å². The number of aliphatic carboxylic acids is 1. The maximum atomic E-state index is 13.1. The molecule has 0 radical (unpaired) electrons. The van der Waals surface area contributed by atoms with E-state index in [9.17, 15) is 22.7 Å². The van der Waals surface area contributed by atoms with E-state index in [2.05, 4.69) is 4.72 Å². The predicted octanol–water partition coefficient (Wildman–Crippen LogP) is 1.68. The zero-order valence-electron chi connectivity index (χ0n) is 12.8. The van der Waals surface area contributed by atoms with Crippen LogP contribution in [0.25, 0.3) is 0 Å². The molecule has 1 aliphatic heterocycles. The number of ether oxygens (including phenoxy) is 1. The molecule has 1 heterocycles. The van der Waals surface area contributed by atoms with Crippen molar-refractivity contribution in [3.05, 3.63) is 29.6 Å². The average molecular weight is 345 g/mol. The second-order valence-corrected chi connectivity index (χ2v) is 7.40. The maximum Gasteiger partial charge on any atom is 0.321 e. The Morgan fingerprint density at radius 3 is 2.65 bits per heavy atom. The Morgan fingerprint density at radius 1 is 1.43 bits per heavy atom. The van der Waals surface area contributed by atoms with Gasteiger partial charge < -0.3 is 9.84 Å². The van der Waals surface area contributed by atoms with Gasteiger partial charge in [0.2, 0.25) is 10.0 Å². The smallest absolute Gasteiger partial charge is 0.321 e. The molecule has 0 bridgehead atoms. The summed E-state index contributed by atoms with van der Waals surface area (Å²) in [6.07, 6.45) is 1.63. The number of hydrogen-bond donors (Lipinski definition) is 2. The van der Waals surface area contributed by atoms with Crippen molar-refractivity contribution < 1.29 is 27.4 Å². The van der Waals surface area contributed by atoms with Crippen molar-refractivity contribution >= 4 is 16.0 Å². The zero-order valence-corrected chi connectivity index (χ0v) is 13.6. The Balaban J connectivity index is 2.15. The average Bonchev–Trinajstić information content (AvgIpc) is 2.46. The number of rotatable bonds is 6. The van der Waals surface area contributed by atoms with Crippen LogP contribution in [0.1, 0.15) is 24.8 Å². The fraction of sp³-hybridized carbons (Fsp3) is 0.533. The topological polar surface area (TPSA) is 92.7 Å². The SMILES string of the molecule is Cc1cc(F)ccc1S(=O)(=O)NC(CC1CCOCC1)C(=O)O. The highest BCUT2D eigenvalue weighted by Crippen LogP contribution is 2.22. The highest BCUT2D eigenvalue weighted by atomic mass is 32.2. The quantitative estimate of drug-likeness (QED) is 0.818. The molecule has 2 rings (SSSR count). The molecule has 128 valence electrons. The molecule has 1 aromatic rings. The van der Waals surface area contributed by atoms with Gasteiger partial charge in [0, 0.05) is 13.2 Å². The molecule has 1 aromatic carbocycles. The Hall–Kier alpha value is -1.51. The molecular weight excluding hydrogens is 325 g/mol. The molecule has 0 aliphatic carbocycles. The number of carbonyl (C=O) groups is 1. The first-order chi connectivity index (χ1) is 10.8. The molecular formula is C15H20FNO5S. The van der Waals surface area contributed by atoms with Crippen molar-refractivity contribution in [2.75, 3.05) is 13.2 Å². The van der Waals surface area contributed by atoms with Crippen LogP contribution in [-0.2, 0) is 19.6 Å². The Kier molecular flexibility index (Phi) is 5.72. The van der Waals surface area contributed by atoms with Crippen molar-refractivity contribution in [1.82, 2.24) is 4.72 Å². The van der Waals surface area contributed by atoms with Gasteiger partial charge in [0.25, 0.3) is 0 Å². The van der Waals surface area contributed by atoms with Gasteiger partial charge in [-0.05, 0) is 55.9 Å². The first kappa shape index (κ1) is 17.8. The molecule has 1 fully saturated rings. The number of sulfonamides is 1. The van der Waals surface area contributed by atoms with Crippen molar-refractivity contribution in [3.8, 4) is 0 Å². The molecule has 0 amide bonds. The standard InChI is InChI=1S/C15H20FNO5S/c1-10-8-12(16)2-3-14(10)23(20,21)17-13(15(18)19)9-11-4-6-22-7-5-11/h2-3,8,11,13,17H,4-7,9H2,1H3,(H,18,19). The van der Waals surface area contributed by atoms with Gasteiger partial charge >= 0.3 is 5.97 Å². The minimum Gasteiger partial charge on any atom is -0.480 e. The van der Waals surface area contributed by atoms with E-state index < -0.39 is 27.9 Å². The number of nitrogens with one attached hydrogen (secondary N) is 1. The van der Waals surface area contributed by atoms with E-state index in [1.807, 2.05) is 0 Å². The summed E-state index contributed by atoms with van der Waals surface area (Å²) in [5.74, 6) is -1.67. The van der Waals surface area contributed by atoms with Gasteiger partial charge in [0.05, 0.1) is 4.90 Å². The van der Waals surface area contributed by atoms with Crippen LogP contribution in [0.3, 0.4) is 0 Å². The van der Waals surface area contributed by atoms with Gasteiger partial charge in [0.15, 0.2) is 0 Å². The lowest BCUT2D eigenvalue weighted by atomic mass is 9.93. The number of benzene rings is 1. The molecule has 6 nitrogen and oxygen atoms in total. The fourth-order valence-electron chi connectivity index (χ4n) is 2.68. The van der Waals surface area contributed by atoms with Crippen LogP contribution in [-0.4, -0.2) is 38.7 Å². The molecule has 1 saturated heterocycles. The third kappa shape index (κ3) is 4.73. The number of hydrogen-bond acceptors (Lipinski definition) is 4. The normalized spacial score (nSPS) is 17.8. The van der Waals surface area contributed by atoms with Crippen LogP contribution >= 0.6 is 0 Å². The Morgan fingerprint density at radius 2 is 2.09 bits per heavy atom. The van der Waals surface area contributed by atoms with Crippen LogP contribution in [0.5, 0.6) is 0 Å². The summed E-state index contributed by atoms with van der Waals surface area (Å²) in [4.78, 5) is 11.3. The lowest BCUT2D eigenvalue weighted by Crippen LogP contribution is -2.42. The molecule has 0 saturated carbocycles. The van der Waals surface area contributed by atoms with Gasteiger partial charge in [-0.2, -0.15) is 4.72 Å². The second-order valence-electron chi connectivity index (χ2n) is 5.71. The van der Waals surface area contributed by atoms with Crippen molar-refractivity contribution in [2.45, 2.75) is 37.1 Å². The van der Waals surface area contributed by atoms with E-state index in [4.69, 9.17) is 4.74 Å². The monoisotopic (exact) mass is 345 g/mol.